The number of carbonyl (C=O) groups is 1. The van der Waals surface area contributed by atoms with Gasteiger partial charge in [-0.05, 0) is 62.2 Å². The summed E-state index contributed by atoms with van der Waals surface area (Å²) in [5.74, 6) is 0.0366. The Morgan fingerprint density at radius 2 is 1.73 bits per heavy atom. The zero-order valence-corrected chi connectivity index (χ0v) is 19.4. The highest BCUT2D eigenvalue weighted by molar-refractivity contribution is 7.92. The average molecular weight is 505 g/mol. The first-order valence-corrected chi connectivity index (χ1v) is 12.3. The predicted octanol–water partition coefficient (Wildman–Crippen LogP) is 5.38. The molecule has 1 amide bonds. The fourth-order valence-corrected chi connectivity index (χ4v) is 4.81. The fraction of sp³-hybridized carbons (Fsp3) is 0.409. The maximum Gasteiger partial charge on any atom is 0.417 e. The molecule has 6 nitrogen and oxygen atoms in total. The van der Waals surface area contributed by atoms with Crippen molar-refractivity contribution in [2.75, 3.05) is 4.72 Å². The van der Waals surface area contributed by atoms with Crippen molar-refractivity contribution in [3.05, 3.63) is 53.1 Å². The summed E-state index contributed by atoms with van der Waals surface area (Å²) in [7, 11) is -4.16. The lowest BCUT2D eigenvalue weighted by Crippen LogP contribution is -2.43. The van der Waals surface area contributed by atoms with Gasteiger partial charge in [0.25, 0.3) is 15.9 Å². The Morgan fingerprint density at radius 1 is 1.09 bits per heavy atom. The van der Waals surface area contributed by atoms with Gasteiger partial charge in [-0.2, -0.15) is 13.2 Å². The maximum absolute atomic E-state index is 13.0. The van der Waals surface area contributed by atoms with Crippen LogP contribution < -0.4 is 14.8 Å². The van der Waals surface area contributed by atoms with Gasteiger partial charge < -0.3 is 10.1 Å². The van der Waals surface area contributed by atoms with Crippen LogP contribution in [0.2, 0.25) is 5.02 Å². The van der Waals surface area contributed by atoms with E-state index in [1.54, 1.807) is 6.92 Å². The largest absolute Gasteiger partial charge is 0.481 e. The molecule has 33 heavy (non-hydrogen) atoms. The Kier molecular flexibility index (Phi) is 7.79. The minimum Gasteiger partial charge on any atom is -0.481 e. The number of sulfonamides is 1. The number of alkyl halides is 3. The Morgan fingerprint density at radius 3 is 2.33 bits per heavy atom. The Hall–Kier alpha value is -2.46. The third-order valence-electron chi connectivity index (χ3n) is 5.29. The molecule has 3 rings (SSSR count). The molecule has 1 aliphatic carbocycles. The van der Waals surface area contributed by atoms with E-state index in [2.05, 4.69) is 10.0 Å². The van der Waals surface area contributed by atoms with Crippen LogP contribution >= 0.6 is 11.6 Å². The summed E-state index contributed by atoms with van der Waals surface area (Å²) in [5.41, 5.74) is -1.42. The zero-order valence-electron chi connectivity index (χ0n) is 17.8. The van der Waals surface area contributed by atoms with E-state index >= 15 is 0 Å². The number of ether oxygens (including phenoxy) is 1. The van der Waals surface area contributed by atoms with Crippen LogP contribution in [0, 0.1) is 0 Å². The number of amides is 1. The molecule has 0 aliphatic heterocycles. The number of hydrogen-bond acceptors (Lipinski definition) is 4. The lowest BCUT2D eigenvalue weighted by Gasteiger charge is -2.24. The van der Waals surface area contributed by atoms with Crippen LogP contribution in [0.15, 0.2) is 47.4 Å². The quantitative estimate of drug-likeness (QED) is 0.530. The van der Waals surface area contributed by atoms with E-state index < -0.39 is 32.9 Å². The molecule has 0 heterocycles. The van der Waals surface area contributed by atoms with Crippen molar-refractivity contribution < 1.29 is 31.1 Å². The molecule has 2 N–H and O–H groups in total. The average Bonchev–Trinajstić information content (AvgIpc) is 2.75. The van der Waals surface area contributed by atoms with Gasteiger partial charge in [-0.1, -0.05) is 30.9 Å². The van der Waals surface area contributed by atoms with Crippen molar-refractivity contribution in [3.8, 4) is 5.75 Å². The van der Waals surface area contributed by atoms with E-state index in [1.807, 2.05) is 0 Å². The molecule has 2 aromatic carbocycles. The molecule has 0 bridgehead atoms. The molecular weight excluding hydrogens is 481 g/mol. The van der Waals surface area contributed by atoms with Crippen molar-refractivity contribution >= 4 is 33.2 Å². The van der Waals surface area contributed by atoms with E-state index in [4.69, 9.17) is 16.3 Å². The molecule has 1 atom stereocenters. The first-order valence-electron chi connectivity index (χ1n) is 10.4. The number of nitrogens with one attached hydrogen (secondary N) is 2. The van der Waals surface area contributed by atoms with Crippen molar-refractivity contribution in [1.82, 2.24) is 5.32 Å². The van der Waals surface area contributed by atoms with E-state index in [-0.39, 0.29) is 28.3 Å². The van der Waals surface area contributed by atoms with Gasteiger partial charge in [-0.15, -0.1) is 0 Å². The molecule has 1 saturated carbocycles. The van der Waals surface area contributed by atoms with Gasteiger partial charge in [-0.3, -0.25) is 9.52 Å². The van der Waals surface area contributed by atoms with Crippen LogP contribution in [0.1, 0.15) is 44.6 Å². The number of benzene rings is 2. The molecule has 2 aromatic rings. The highest BCUT2D eigenvalue weighted by Crippen LogP contribution is 2.36. The van der Waals surface area contributed by atoms with Crippen LogP contribution in [0.5, 0.6) is 5.75 Å². The number of carbonyl (C=O) groups excluding carboxylic acids is 1. The lowest BCUT2D eigenvalue weighted by molar-refractivity contribution is -0.137. The number of halogens is 4. The van der Waals surface area contributed by atoms with Crippen molar-refractivity contribution in [2.24, 2.45) is 0 Å². The van der Waals surface area contributed by atoms with Gasteiger partial charge >= 0.3 is 6.18 Å². The fourth-order valence-electron chi connectivity index (χ4n) is 3.54. The van der Waals surface area contributed by atoms with Gasteiger partial charge in [-0.25, -0.2) is 8.42 Å². The summed E-state index contributed by atoms with van der Waals surface area (Å²) >= 11 is 5.57. The van der Waals surface area contributed by atoms with Gasteiger partial charge in [0, 0.05) is 11.7 Å². The summed E-state index contributed by atoms with van der Waals surface area (Å²) in [5, 5.41) is 2.43. The molecular formula is C22H24ClF3N2O4S. The normalized spacial score (nSPS) is 16.2. The van der Waals surface area contributed by atoms with E-state index in [0.29, 0.717) is 6.07 Å². The van der Waals surface area contributed by atoms with Crippen LogP contribution in [-0.2, 0) is 21.0 Å². The molecule has 0 radical (unpaired) electrons. The molecule has 11 heteroatoms. The standard InChI is InChI=1S/C22H24ClF3N2O4S/c1-14(21(29)27-15-5-3-2-4-6-15)32-17-8-10-18(11-9-17)33(30,31)28-16-7-12-20(23)19(13-16)22(24,25)26/h7-15,28H,2-6H2,1H3,(H,27,29)/t14-/m0/s1. The van der Waals surface area contributed by atoms with Crippen LogP contribution in [0.3, 0.4) is 0 Å². The van der Waals surface area contributed by atoms with Crippen LogP contribution in [-0.4, -0.2) is 26.5 Å². The zero-order chi connectivity index (χ0) is 24.2. The minimum atomic E-state index is -4.72. The van der Waals surface area contributed by atoms with Gasteiger partial charge in [0.2, 0.25) is 0 Å². The molecule has 0 saturated heterocycles. The monoisotopic (exact) mass is 504 g/mol. The minimum absolute atomic E-state index is 0.140. The van der Waals surface area contributed by atoms with Crippen molar-refractivity contribution in [2.45, 2.75) is 62.2 Å². The van der Waals surface area contributed by atoms with Gasteiger partial charge in [0.1, 0.15) is 5.75 Å². The summed E-state index contributed by atoms with van der Waals surface area (Å²) in [6.07, 6.45) is -0.286. The molecule has 0 unspecified atom stereocenters. The maximum atomic E-state index is 13.0. The second-order valence-electron chi connectivity index (χ2n) is 7.87. The summed E-state index contributed by atoms with van der Waals surface area (Å²) < 4.78 is 71.9. The number of anilines is 1. The second-order valence-corrected chi connectivity index (χ2v) is 9.96. The van der Waals surface area contributed by atoms with Crippen molar-refractivity contribution in [1.29, 1.82) is 0 Å². The predicted molar refractivity (Wildman–Crippen MR) is 119 cm³/mol. The topological polar surface area (TPSA) is 84.5 Å². The van der Waals surface area contributed by atoms with Crippen LogP contribution in [0.4, 0.5) is 18.9 Å². The van der Waals surface area contributed by atoms with Gasteiger partial charge in [0.15, 0.2) is 6.10 Å². The SMILES string of the molecule is C[C@H](Oc1ccc(S(=O)(=O)Nc2ccc(Cl)c(C(F)(F)F)c2)cc1)C(=O)NC1CCCCC1. The van der Waals surface area contributed by atoms with E-state index in [1.165, 1.54) is 30.7 Å². The first kappa shape index (κ1) is 25.2. The number of hydrogen-bond donors (Lipinski definition) is 2. The second kappa shape index (κ2) is 10.2. The number of rotatable bonds is 7. The summed E-state index contributed by atoms with van der Waals surface area (Å²) in [6.45, 7) is 1.60. The molecule has 180 valence electrons. The van der Waals surface area contributed by atoms with E-state index in [9.17, 15) is 26.4 Å². The smallest absolute Gasteiger partial charge is 0.417 e. The van der Waals surface area contributed by atoms with E-state index in [0.717, 1.165) is 37.8 Å². The van der Waals surface area contributed by atoms with Crippen molar-refractivity contribution in [3.63, 3.8) is 0 Å². The molecule has 1 fully saturated rings. The molecule has 0 aromatic heterocycles. The molecule has 1 aliphatic rings. The summed E-state index contributed by atoms with van der Waals surface area (Å²) in [4.78, 5) is 12.2. The van der Waals surface area contributed by atoms with Gasteiger partial charge in [0.05, 0.1) is 15.5 Å². The summed E-state index contributed by atoms with van der Waals surface area (Å²) in [6, 6.07) is 8.11. The highest BCUT2D eigenvalue weighted by atomic mass is 35.5. The lowest BCUT2D eigenvalue weighted by atomic mass is 9.95. The highest BCUT2D eigenvalue weighted by Gasteiger charge is 2.33. The third-order valence-corrected chi connectivity index (χ3v) is 7.02. The Bertz CT molecular complexity index is 1090. The van der Waals surface area contributed by atoms with Crippen LogP contribution in [0.25, 0.3) is 0 Å². The molecule has 0 spiro atoms. The Labute approximate surface area is 195 Å². The Balaban J connectivity index is 1.64. The first-order chi connectivity index (χ1) is 15.5. The third kappa shape index (κ3) is 6.77.